The molecule has 21 heavy (non-hydrogen) atoms. The summed E-state index contributed by atoms with van der Waals surface area (Å²) >= 11 is 2.03. The molecule has 1 atom stereocenters. The molecule has 0 radical (unpaired) electrons. The highest BCUT2D eigenvalue weighted by atomic mass is 32.2. The Hall–Kier alpha value is -0.740. The lowest BCUT2D eigenvalue weighted by Crippen LogP contribution is -2.34. The van der Waals surface area contributed by atoms with Gasteiger partial charge in [-0.15, -0.1) is 0 Å². The van der Waals surface area contributed by atoms with Gasteiger partial charge >= 0.3 is 0 Å². The molecule has 1 aromatic rings. The van der Waals surface area contributed by atoms with E-state index in [-0.39, 0.29) is 0 Å². The zero-order chi connectivity index (χ0) is 15.7. The second-order valence-electron chi connectivity index (χ2n) is 5.48. The SMILES string of the molecule is CCCNC(CSCCC)Cc1ncc(C)c(OC)c1C. The molecule has 1 heterocycles. The van der Waals surface area contributed by atoms with Crippen molar-refractivity contribution in [2.24, 2.45) is 0 Å². The van der Waals surface area contributed by atoms with Crippen LogP contribution in [0.2, 0.25) is 0 Å². The molecule has 0 spiro atoms. The molecule has 0 bridgehead atoms. The minimum atomic E-state index is 0.486. The fourth-order valence-electron chi connectivity index (χ4n) is 2.42. The highest BCUT2D eigenvalue weighted by Gasteiger charge is 2.15. The van der Waals surface area contributed by atoms with Crippen molar-refractivity contribution >= 4 is 11.8 Å². The van der Waals surface area contributed by atoms with Crippen molar-refractivity contribution in [2.45, 2.75) is 53.0 Å². The van der Waals surface area contributed by atoms with Gasteiger partial charge in [-0.3, -0.25) is 4.98 Å². The molecule has 0 saturated heterocycles. The molecule has 1 aromatic heterocycles. The zero-order valence-corrected chi connectivity index (χ0v) is 15.0. The molecule has 0 aromatic carbocycles. The van der Waals surface area contributed by atoms with Gasteiger partial charge in [-0.25, -0.2) is 0 Å². The molecule has 0 aliphatic heterocycles. The van der Waals surface area contributed by atoms with Crippen LogP contribution in [0.4, 0.5) is 0 Å². The van der Waals surface area contributed by atoms with Crippen molar-refractivity contribution in [3.05, 3.63) is 23.0 Å². The molecular weight excluding hydrogens is 280 g/mol. The highest BCUT2D eigenvalue weighted by molar-refractivity contribution is 7.99. The third kappa shape index (κ3) is 5.87. The Labute approximate surface area is 134 Å². The molecule has 0 amide bonds. The molecule has 0 saturated carbocycles. The van der Waals surface area contributed by atoms with Crippen LogP contribution in [0.5, 0.6) is 5.75 Å². The lowest BCUT2D eigenvalue weighted by Gasteiger charge is -2.20. The standard InChI is InChI=1S/C17H30N2OS/c1-6-8-18-15(12-21-9-7-2)10-16-14(4)17(20-5)13(3)11-19-16/h11,15,18H,6-10,12H2,1-5H3. The Balaban J connectivity index is 2.77. The van der Waals surface area contributed by atoms with Crippen LogP contribution in [0.1, 0.15) is 43.5 Å². The predicted molar refractivity (Wildman–Crippen MR) is 93.7 cm³/mol. The minimum Gasteiger partial charge on any atom is -0.496 e. The maximum Gasteiger partial charge on any atom is 0.128 e. The van der Waals surface area contributed by atoms with Crippen LogP contribution in [0.25, 0.3) is 0 Å². The van der Waals surface area contributed by atoms with Crippen LogP contribution >= 0.6 is 11.8 Å². The van der Waals surface area contributed by atoms with E-state index >= 15 is 0 Å². The van der Waals surface area contributed by atoms with Gasteiger partial charge in [0, 0.05) is 41.2 Å². The number of nitrogens with zero attached hydrogens (tertiary/aromatic N) is 1. The van der Waals surface area contributed by atoms with Crippen molar-refractivity contribution in [1.29, 1.82) is 0 Å². The van der Waals surface area contributed by atoms with E-state index < -0.39 is 0 Å². The van der Waals surface area contributed by atoms with E-state index in [1.807, 2.05) is 24.9 Å². The summed E-state index contributed by atoms with van der Waals surface area (Å²) in [5.41, 5.74) is 3.45. The first-order chi connectivity index (χ1) is 10.1. The maximum atomic E-state index is 5.51. The van der Waals surface area contributed by atoms with Crippen molar-refractivity contribution in [2.75, 3.05) is 25.2 Å². The average molecular weight is 311 g/mol. The highest BCUT2D eigenvalue weighted by Crippen LogP contribution is 2.25. The fourth-order valence-corrected chi connectivity index (χ4v) is 3.39. The normalized spacial score (nSPS) is 12.4. The third-order valence-corrected chi connectivity index (χ3v) is 4.88. The Bertz CT molecular complexity index is 423. The van der Waals surface area contributed by atoms with Gasteiger partial charge in [-0.1, -0.05) is 13.8 Å². The van der Waals surface area contributed by atoms with Gasteiger partial charge in [0.25, 0.3) is 0 Å². The van der Waals surface area contributed by atoms with Crippen molar-refractivity contribution in [3.8, 4) is 5.75 Å². The molecule has 1 unspecified atom stereocenters. The van der Waals surface area contributed by atoms with Crippen LogP contribution in [-0.4, -0.2) is 36.2 Å². The number of methoxy groups -OCH3 is 1. The number of hydrogen-bond donors (Lipinski definition) is 1. The summed E-state index contributed by atoms with van der Waals surface area (Å²) in [5, 5.41) is 3.65. The summed E-state index contributed by atoms with van der Waals surface area (Å²) in [4.78, 5) is 4.63. The molecule has 0 aliphatic carbocycles. The first-order valence-electron chi connectivity index (χ1n) is 7.94. The third-order valence-electron chi connectivity index (χ3n) is 3.54. The number of hydrogen-bond acceptors (Lipinski definition) is 4. The number of nitrogens with one attached hydrogen (secondary N) is 1. The smallest absolute Gasteiger partial charge is 0.128 e. The summed E-state index contributed by atoms with van der Waals surface area (Å²) < 4.78 is 5.51. The van der Waals surface area contributed by atoms with Crippen molar-refractivity contribution in [3.63, 3.8) is 0 Å². The van der Waals surface area contributed by atoms with E-state index in [2.05, 4.69) is 31.1 Å². The van der Waals surface area contributed by atoms with Gasteiger partial charge in [0.15, 0.2) is 0 Å². The topological polar surface area (TPSA) is 34.2 Å². The van der Waals surface area contributed by atoms with E-state index in [0.717, 1.165) is 35.7 Å². The maximum absolute atomic E-state index is 5.51. The molecule has 0 aliphatic rings. The van der Waals surface area contributed by atoms with Gasteiger partial charge in [0.2, 0.25) is 0 Å². The van der Waals surface area contributed by atoms with E-state index in [9.17, 15) is 0 Å². The summed E-state index contributed by atoms with van der Waals surface area (Å²) in [6.07, 6.45) is 5.30. The van der Waals surface area contributed by atoms with E-state index in [0.29, 0.717) is 6.04 Å². The first-order valence-corrected chi connectivity index (χ1v) is 9.09. The molecule has 3 nitrogen and oxygen atoms in total. The molecule has 1 N–H and O–H groups in total. The van der Waals surface area contributed by atoms with Gasteiger partial charge in [-0.05, 0) is 39.0 Å². The number of rotatable bonds is 10. The van der Waals surface area contributed by atoms with Crippen LogP contribution < -0.4 is 10.1 Å². The Kier molecular flexibility index (Phi) is 8.77. The number of ether oxygens (including phenoxy) is 1. The van der Waals surface area contributed by atoms with Crippen molar-refractivity contribution < 1.29 is 4.74 Å². The van der Waals surface area contributed by atoms with Gasteiger partial charge in [0.05, 0.1) is 7.11 Å². The molecule has 4 heteroatoms. The Morgan fingerprint density at radius 1 is 1.29 bits per heavy atom. The van der Waals surface area contributed by atoms with Crippen molar-refractivity contribution in [1.82, 2.24) is 10.3 Å². The van der Waals surface area contributed by atoms with Crippen LogP contribution in [0, 0.1) is 13.8 Å². The lowest BCUT2D eigenvalue weighted by molar-refractivity contribution is 0.406. The molecule has 1 rings (SSSR count). The number of aromatic nitrogens is 1. The minimum absolute atomic E-state index is 0.486. The second-order valence-corrected chi connectivity index (χ2v) is 6.63. The zero-order valence-electron chi connectivity index (χ0n) is 14.2. The van der Waals surface area contributed by atoms with Crippen LogP contribution in [-0.2, 0) is 6.42 Å². The first kappa shape index (κ1) is 18.3. The Morgan fingerprint density at radius 3 is 2.67 bits per heavy atom. The quantitative estimate of drug-likeness (QED) is 0.667. The molecule has 0 fully saturated rings. The van der Waals surface area contributed by atoms with Gasteiger partial charge < -0.3 is 10.1 Å². The number of pyridine rings is 1. The molecular formula is C17H30N2OS. The van der Waals surface area contributed by atoms with E-state index in [1.54, 1.807) is 7.11 Å². The summed E-state index contributed by atoms with van der Waals surface area (Å²) in [5.74, 6) is 3.36. The fraction of sp³-hybridized carbons (Fsp3) is 0.706. The summed E-state index contributed by atoms with van der Waals surface area (Å²) in [7, 11) is 1.74. The van der Waals surface area contributed by atoms with E-state index in [1.165, 1.54) is 24.2 Å². The van der Waals surface area contributed by atoms with Crippen LogP contribution in [0.3, 0.4) is 0 Å². The molecule has 120 valence electrons. The summed E-state index contributed by atoms with van der Waals surface area (Å²) in [6.45, 7) is 9.68. The largest absolute Gasteiger partial charge is 0.496 e. The monoisotopic (exact) mass is 310 g/mol. The Morgan fingerprint density at radius 2 is 2.05 bits per heavy atom. The predicted octanol–water partition coefficient (Wildman–Crippen LogP) is 3.76. The van der Waals surface area contributed by atoms with Gasteiger partial charge in [-0.2, -0.15) is 11.8 Å². The number of thioether (sulfide) groups is 1. The second kappa shape index (κ2) is 10.1. The van der Waals surface area contributed by atoms with E-state index in [4.69, 9.17) is 4.74 Å². The van der Waals surface area contributed by atoms with Gasteiger partial charge in [0.1, 0.15) is 5.75 Å². The summed E-state index contributed by atoms with van der Waals surface area (Å²) in [6, 6.07) is 0.486. The average Bonchev–Trinajstić information content (AvgIpc) is 2.48. The number of aryl methyl sites for hydroxylation is 1. The van der Waals surface area contributed by atoms with Crippen LogP contribution in [0.15, 0.2) is 6.20 Å². The lowest BCUT2D eigenvalue weighted by atomic mass is 10.1.